The molecule has 3 nitrogen and oxygen atoms in total. The summed E-state index contributed by atoms with van der Waals surface area (Å²) in [6.07, 6.45) is 2.85. The third-order valence-corrected chi connectivity index (χ3v) is 3.57. The highest BCUT2D eigenvalue weighted by molar-refractivity contribution is 9.10. The molecule has 1 N–H and O–H groups in total. The molecule has 1 atom stereocenters. The Hall–Kier alpha value is -1.26. The minimum absolute atomic E-state index is 0.350. The SMILES string of the molecule is CCC(NCc1ccnc(C)n1)c1ccc(Br)cc1. The highest BCUT2D eigenvalue weighted by Gasteiger charge is 2.08. The summed E-state index contributed by atoms with van der Waals surface area (Å²) in [5.74, 6) is 0.816. The van der Waals surface area contributed by atoms with E-state index < -0.39 is 0 Å². The summed E-state index contributed by atoms with van der Waals surface area (Å²) in [5, 5.41) is 3.54. The summed E-state index contributed by atoms with van der Waals surface area (Å²) in [5.41, 5.74) is 2.33. The predicted octanol–water partition coefficient (Wildman–Crippen LogP) is 3.79. The van der Waals surface area contributed by atoms with Gasteiger partial charge in [0.05, 0.1) is 5.69 Å². The second kappa shape index (κ2) is 6.78. The first-order valence-corrected chi connectivity index (χ1v) is 7.25. The van der Waals surface area contributed by atoms with Gasteiger partial charge >= 0.3 is 0 Å². The maximum atomic E-state index is 4.41. The molecule has 1 heterocycles. The number of hydrogen-bond donors (Lipinski definition) is 1. The van der Waals surface area contributed by atoms with Crippen LogP contribution in [0.5, 0.6) is 0 Å². The number of aromatic nitrogens is 2. The fraction of sp³-hybridized carbons (Fsp3) is 0.333. The fourth-order valence-electron chi connectivity index (χ4n) is 2.02. The van der Waals surface area contributed by atoms with Crippen molar-refractivity contribution in [2.45, 2.75) is 32.9 Å². The number of nitrogens with zero attached hydrogens (tertiary/aromatic N) is 2. The number of aryl methyl sites for hydroxylation is 1. The number of nitrogens with one attached hydrogen (secondary N) is 1. The molecule has 0 aliphatic heterocycles. The Labute approximate surface area is 122 Å². The first-order valence-electron chi connectivity index (χ1n) is 6.46. The van der Waals surface area contributed by atoms with E-state index >= 15 is 0 Å². The van der Waals surface area contributed by atoms with Crippen LogP contribution < -0.4 is 5.32 Å². The van der Waals surface area contributed by atoms with Gasteiger partial charge in [-0.2, -0.15) is 0 Å². The van der Waals surface area contributed by atoms with Crippen LogP contribution in [0.3, 0.4) is 0 Å². The molecule has 100 valence electrons. The van der Waals surface area contributed by atoms with E-state index in [4.69, 9.17) is 0 Å². The molecule has 0 radical (unpaired) electrons. The van der Waals surface area contributed by atoms with Gasteiger partial charge in [0.1, 0.15) is 5.82 Å². The van der Waals surface area contributed by atoms with Crippen LogP contribution in [0.2, 0.25) is 0 Å². The molecule has 1 aromatic carbocycles. The van der Waals surface area contributed by atoms with E-state index in [0.29, 0.717) is 6.04 Å². The minimum Gasteiger partial charge on any atom is -0.304 e. The second-order valence-corrected chi connectivity index (χ2v) is 5.40. The van der Waals surface area contributed by atoms with Gasteiger partial charge in [0, 0.05) is 23.3 Å². The van der Waals surface area contributed by atoms with E-state index in [-0.39, 0.29) is 0 Å². The molecule has 2 aromatic rings. The van der Waals surface area contributed by atoms with Crippen molar-refractivity contribution in [2.75, 3.05) is 0 Å². The summed E-state index contributed by atoms with van der Waals surface area (Å²) in [6.45, 7) is 4.86. The van der Waals surface area contributed by atoms with E-state index in [0.717, 1.165) is 29.0 Å². The van der Waals surface area contributed by atoms with Crippen LogP contribution in [0.1, 0.15) is 36.5 Å². The Bertz CT molecular complexity index is 525. The molecule has 0 amide bonds. The van der Waals surface area contributed by atoms with Crippen molar-refractivity contribution in [3.8, 4) is 0 Å². The van der Waals surface area contributed by atoms with Gasteiger partial charge < -0.3 is 5.32 Å². The van der Waals surface area contributed by atoms with Crippen LogP contribution in [0.15, 0.2) is 41.0 Å². The van der Waals surface area contributed by atoms with Crippen molar-refractivity contribution < 1.29 is 0 Å². The summed E-state index contributed by atoms with van der Waals surface area (Å²) in [7, 11) is 0. The third-order valence-electron chi connectivity index (χ3n) is 3.04. The van der Waals surface area contributed by atoms with Crippen molar-refractivity contribution in [3.63, 3.8) is 0 Å². The van der Waals surface area contributed by atoms with Crippen molar-refractivity contribution in [2.24, 2.45) is 0 Å². The first-order chi connectivity index (χ1) is 9.19. The van der Waals surface area contributed by atoms with Gasteiger partial charge in [-0.3, -0.25) is 0 Å². The third kappa shape index (κ3) is 4.11. The zero-order chi connectivity index (χ0) is 13.7. The van der Waals surface area contributed by atoms with Crippen LogP contribution >= 0.6 is 15.9 Å². The van der Waals surface area contributed by atoms with Crippen LogP contribution in [0.4, 0.5) is 0 Å². The molecular formula is C15H18BrN3. The minimum atomic E-state index is 0.350. The smallest absolute Gasteiger partial charge is 0.125 e. The van der Waals surface area contributed by atoms with Gasteiger partial charge in [0.2, 0.25) is 0 Å². The topological polar surface area (TPSA) is 37.8 Å². The largest absolute Gasteiger partial charge is 0.304 e. The molecule has 0 saturated heterocycles. The molecule has 0 aliphatic rings. The summed E-state index contributed by atoms with van der Waals surface area (Å²) in [4.78, 5) is 8.52. The average molecular weight is 320 g/mol. The summed E-state index contributed by atoms with van der Waals surface area (Å²) < 4.78 is 1.11. The number of halogens is 1. The molecular weight excluding hydrogens is 302 g/mol. The van der Waals surface area contributed by atoms with Gasteiger partial charge in [0.15, 0.2) is 0 Å². The molecule has 1 aromatic heterocycles. The molecule has 0 aliphatic carbocycles. The Kier molecular flexibility index (Phi) is 5.05. The summed E-state index contributed by atoms with van der Waals surface area (Å²) >= 11 is 3.46. The molecule has 2 rings (SSSR count). The highest BCUT2D eigenvalue weighted by Crippen LogP contribution is 2.19. The molecule has 0 bridgehead atoms. The molecule has 0 spiro atoms. The Balaban J connectivity index is 2.01. The normalized spacial score (nSPS) is 12.4. The standard InChI is InChI=1S/C15H18BrN3/c1-3-15(12-4-6-13(16)7-5-12)18-10-14-8-9-17-11(2)19-14/h4-9,15,18H,3,10H2,1-2H3. The monoisotopic (exact) mass is 319 g/mol. The van der Waals surface area contributed by atoms with Gasteiger partial charge in [-0.25, -0.2) is 9.97 Å². The predicted molar refractivity (Wildman–Crippen MR) is 80.8 cm³/mol. The highest BCUT2D eigenvalue weighted by atomic mass is 79.9. The fourth-order valence-corrected chi connectivity index (χ4v) is 2.29. The lowest BCUT2D eigenvalue weighted by Gasteiger charge is -2.17. The van der Waals surface area contributed by atoms with E-state index in [1.807, 2.05) is 13.0 Å². The molecule has 19 heavy (non-hydrogen) atoms. The quantitative estimate of drug-likeness (QED) is 0.911. The Morgan fingerprint density at radius 2 is 1.95 bits per heavy atom. The molecule has 0 saturated carbocycles. The molecule has 4 heteroatoms. The zero-order valence-corrected chi connectivity index (χ0v) is 12.8. The van der Waals surface area contributed by atoms with E-state index in [2.05, 4.69) is 62.4 Å². The Morgan fingerprint density at radius 1 is 1.21 bits per heavy atom. The van der Waals surface area contributed by atoms with Crippen molar-refractivity contribution >= 4 is 15.9 Å². The number of benzene rings is 1. The lowest BCUT2D eigenvalue weighted by molar-refractivity contribution is 0.513. The zero-order valence-electron chi connectivity index (χ0n) is 11.2. The Morgan fingerprint density at radius 3 is 2.58 bits per heavy atom. The van der Waals surface area contributed by atoms with Gasteiger partial charge in [-0.05, 0) is 37.1 Å². The molecule has 1 unspecified atom stereocenters. The van der Waals surface area contributed by atoms with Crippen LogP contribution in [-0.2, 0) is 6.54 Å². The second-order valence-electron chi connectivity index (χ2n) is 4.49. The lowest BCUT2D eigenvalue weighted by atomic mass is 10.0. The van der Waals surface area contributed by atoms with Crippen molar-refractivity contribution in [1.82, 2.24) is 15.3 Å². The van der Waals surface area contributed by atoms with Crippen molar-refractivity contribution in [1.29, 1.82) is 0 Å². The van der Waals surface area contributed by atoms with Crippen LogP contribution in [0.25, 0.3) is 0 Å². The number of rotatable bonds is 5. The van der Waals surface area contributed by atoms with E-state index in [1.165, 1.54) is 5.56 Å². The first kappa shape index (κ1) is 14.2. The van der Waals surface area contributed by atoms with Gasteiger partial charge in [0.25, 0.3) is 0 Å². The van der Waals surface area contributed by atoms with E-state index in [1.54, 1.807) is 6.20 Å². The number of hydrogen-bond acceptors (Lipinski definition) is 3. The molecule has 0 fully saturated rings. The van der Waals surface area contributed by atoms with Crippen molar-refractivity contribution in [3.05, 3.63) is 58.1 Å². The summed E-state index contributed by atoms with van der Waals surface area (Å²) in [6, 6.07) is 10.8. The van der Waals surface area contributed by atoms with E-state index in [9.17, 15) is 0 Å². The van der Waals surface area contributed by atoms with Crippen LogP contribution in [-0.4, -0.2) is 9.97 Å². The van der Waals surface area contributed by atoms with Gasteiger partial charge in [-0.15, -0.1) is 0 Å². The van der Waals surface area contributed by atoms with Gasteiger partial charge in [-0.1, -0.05) is 35.0 Å². The maximum absolute atomic E-state index is 4.41. The lowest BCUT2D eigenvalue weighted by Crippen LogP contribution is -2.21. The van der Waals surface area contributed by atoms with Crippen LogP contribution in [0, 0.1) is 6.92 Å². The average Bonchev–Trinajstić information content (AvgIpc) is 2.41. The maximum Gasteiger partial charge on any atom is 0.125 e.